The number of aldehydes is 2. The Labute approximate surface area is 191 Å². The number of nitrogens with zero attached hydrogens (tertiary/aromatic N) is 1. The molecular weight excluding hydrogens is 422 g/mol. The number of hydrogen-bond acceptors (Lipinski definition) is 6. The lowest BCUT2D eigenvalue weighted by atomic mass is 9.82. The highest BCUT2D eigenvalue weighted by atomic mass is 16.3. The van der Waals surface area contributed by atoms with E-state index in [-0.39, 0.29) is 17.5 Å². The van der Waals surface area contributed by atoms with Gasteiger partial charge in [-0.1, -0.05) is 12.1 Å². The Morgan fingerprint density at radius 3 is 1.88 bits per heavy atom. The average Bonchev–Trinajstić information content (AvgIpc) is 2.81. The third-order valence-corrected chi connectivity index (χ3v) is 5.40. The van der Waals surface area contributed by atoms with Crippen LogP contribution >= 0.6 is 0 Å². The molecule has 3 N–H and O–H groups in total. The Bertz CT molecular complexity index is 1130. The quantitative estimate of drug-likeness (QED) is 0.359. The van der Waals surface area contributed by atoms with Crippen LogP contribution in [0.2, 0.25) is 0 Å². The predicted octanol–water partition coefficient (Wildman–Crippen LogP) is 3.64. The van der Waals surface area contributed by atoms with E-state index >= 15 is 0 Å². The molecule has 0 saturated carbocycles. The minimum absolute atomic E-state index is 0.0981. The lowest BCUT2D eigenvalue weighted by Gasteiger charge is -2.28. The number of anilines is 1. The summed E-state index contributed by atoms with van der Waals surface area (Å²) in [6.07, 6.45) is 1.30. The molecule has 33 heavy (non-hydrogen) atoms. The van der Waals surface area contributed by atoms with Crippen LogP contribution in [0.1, 0.15) is 57.2 Å². The van der Waals surface area contributed by atoms with Crippen molar-refractivity contribution in [3.8, 4) is 11.5 Å². The van der Waals surface area contributed by atoms with E-state index in [0.717, 1.165) is 0 Å². The number of amides is 1. The van der Waals surface area contributed by atoms with Gasteiger partial charge in [-0.15, -0.1) is 0 Å². The normalized spacial score (nSPS) is 10.9. The molecule has 0 aromatic heterocycles. The second kappa shape index (κ2) is 10.1. The molecule has 0 spiro atoms. The summed E-state index contributed by atoms with van der Waals surface area (Å²) in [6, 6.07) is 15.5. The Kier molecular flexibility index (Phi) is 7.25. The molecule has 3 aromatic carbocycles. The maximum absolute atomic E-state index is 12.4. The highest BCUT2D eigenvalue weighted by Crippen LogP contribution is 2.42. The van der Waals surface area contributed by atoms with Crippen LogP contribution in [0, 0.1) is 0 Å². The summed E-state index contributed by atoms with van der Waals surface area (Å²) in [6.45, 7) is 2.98. The third kappa shape index (κ3) is 4.94. The van der Waals surface area contributed by atoms with Gasteiger partial charge >= 0.3 is 0 Å². The van der Waals surface area contributed by atoms with E-state index in [1.807, 2.05) is 13.8 Å². The standard InChI is InChI=1S/C26H25NO6/c1-16(2)27(25(33)15-30)20-5-3-4-19(12-20)26(21-10-17(13-28)6-8-23(21)31)22-11-18(14-29)7-9-24(22)32/h3-14,16,26,30-32H,15H2,1-2H3. The summed E-state index contributed by atoms with van der Waals surface area (Å²) in [5.74, 6) is -1.43. The van der Waals surface area contributed by atoms with Gasteiger partial charge in [-0.2, -0.15) is 0 Å². The molecule has 0 aliphatic carbocycles. The number of phenols is 2. The van der Waals surface area contributed by atoms with Gasteiger partial charge in [-0.3, -0.25) is 14.4 Å². The van der Waals surface area contributed by atoms with Crippen LogP contribution in [0.4, 0.5) is 5.69 Å². The number of rotatable bonds is 8. The van der Waals surface area contributed by atoms with Crippen molar-refractivity contribution >= 4 is 24.2 Å². The van der Waals surface area contributed by atoms with Crippen molar-refractivity contribution in [1.82, 2.24) is 0 Å². The fourth-order valence-electron chi connectivity index (χ4n) is 3.94. The van der Waals surface area contributed by atoms with Gasteiger partial charge in [0.2, 0.25) is 0 Å². The fraction of sp³-hybridized carbons (Fsp3) is 0.192. The molecule has 7 nitrogen and oxygen atoms in total. The minimum atomic E-state index is -0.761. The van der Waals surface area contributed by atoms with Gasteiger partial charge < -0.3 is 20.2 Å². The van der Waals surface area contributed by atoms with E-state index in [4.69, 9.17) is 0 Å². The molecule has 0 unspecified atom stereocenters. The van der Waals surface area contributed by atoms with E-state index in [2.05, 4.69) is 0 Å². The monoisotopic (exact) mass is 447 g/mol. The maximum Gasteiger partial charge on any atom is 0.252 e. The lowest BCUT2D eigenvalue weighted by molar-refractivity contribution is -0.121. The number of aromatic hydroxyl groups is 2. The Morgan fingerprint density at radius 2 is 1.42 bits per heavy atom. The van der Waals surface area contributed by atoms with Crippen LogP contribution in [0.5, 0.6) is 11.5 Å². The second-order valence-corrected chi connectivity index (χ2v) is 7.92. The molecule has 0 aliphatic heterocycles. The molecule has 3 rings (SSSR count). The SMILES string of the molecule is CC(C)N(C(=O)CO)c1cccc(C(c2cc(C=O)ccc2O)c2cc(C=O)ccc2O)c1. The summed E-state index contributed by atoms with van der Waals surface area (Å²) in [5, 5.41) is 30.8. The molecule has 7 heteroatoms. The van der Waals surface area contributed by atoms with E-state index in [1.165, 1.54) is 41.3 Å². The summed E-state index contributed by atoms with van der Waals surface area (Å²) in [7, 11) is 0. The third-order valence-electron chi connectivity index (χ3n) is 5.40. The van der Waals surface area contributed by atoms with Crippen LogP contribution in [0.3, 0.4) is 0 Å². The first-order chi connectivity index (χ1) is 15.8. The number of aliphatic hydroxyl groups excluding tert-OH is 1. The minimum Gasteiger partial charge on any atom is -0.508 e. The number of phenolic OH excluding ortho intramolecular Hbond substituents is 2. The average molecular weight is 447 g/mol. The zero-order valence-electron chi connectivity index (χ0n) is 18.3. The fourth-order valence-corrected chi connectivity index (χ4v) is 3.94. The highest BCUT2D eigenvalue weighted by molar-refractivity contribution is 5.94. The molecule has 0 atom stereocenters. The van der Waals surface area contributed by atoms with Gasteiger partial charge in [0, 0.05) is 39.9 Å². The molecule has 0 aliphatic rings. The summed E-state index contributed by atoms with van der Waals surface area (Å²) in [4.78, 5) is 36.6. The molecule has 1 amide bonds. The van der Waals surface area contributed by atoms with Crippen LogP contribution in [-0.4, -0.2) is 46.4 Å². The Hall–Kier alpha value is -3.97. The topological polar surface area (TPSA) is 115 Å². The van der Waals surface area contributed by atoms with Crippen LogP contribution < -0.4 is 4.90 Å². The van der Waals surface area contributed by atoms with Crippen molar-refractivity contribution in [3.05, 3.63) is 88.5 Å². The van der Waals surface area contributed by atoms with Crippen molar-refractivity contribution in [1.29, 1.82) is 0 Å². The smallest absolute Gasteiger partial charge is 0.252 e. The van der Waals surface area contributed by atoms with E-state index in [1.54, 1.807) is 24.3 Å². The molecule has 0 heterocycles. The van der Waals surface area contributed by atoms with Gasteiger partial charge in [-0.25, -0.2) is 0 Å². The van der Waals surface area contributed by atoms with Crippen molar-refractivity contribution in [2.24, 2.45) is 0 Å². The molecule has 0 fully saturated rings. The van der Waals surface area contributed by atoms with Crippen molar-refractivity contribution in [2.75, 3.05) is 11.5 Å². The number of benzene rings is 3. The van der Waals surface area contributed by atoms with Gasteiger partial charge in [-0.05, 0) is 67.9 Å². The first-order valence-corrected chi connectivity index (χ1v) is 10.4. The number of aliphatic hydroxyl groups is 1. The highest BCUT2D eigenvalue weighted by Gasteiger charge is 2.26. The number of hydrogen-bond donors (Lipinski definition) is 3. The molecule has 0 saturated heterocycles. The van der Waals surface area contributed by atoms with Crippen molar-refractivity contribution in [2.45, 2.75) is 25.8 Å². The predicted molar refractivity (Wildman–Crippen MR) is 124 cm³/mol. The summed E-state index contributed by atoms with van der Waals surface area (Å²) in [5.41, 5.74) is 2.46. The van der Waals surface area contributed by atoms with E-state index in [9.17, 15) is 29.7 Å². The van der Waals surface area contributed by atoms with Gasteiger partial charge in [0.15, 0.2) is 0 Å². The Morgan fingerprint density at radius 1 is 0.879 bits per heavy atom. The Balaban J connectivity index is 2.29. The number of carbonyl (C=O) groups is 3. The molecular formula is C26H25NO6. The molecule has 170 valence electrons. The molecule has 3 aromatic rings. The van der Waals surface area contributed by atoms with E-state index < -0.39 is 18.4 Å². The first kappa shape index (κ1) is 23.7. The van der Waals surface area contributed by atoms with Crippen LogP contribution in [0.15, 0.2) is 60.7 Å². The largest absolute Gasteiger partial charge is 0.508 e. The summed E-state index contributed by atoms with van der Waals surface area (Å²) < 4.78 is 0. The van der Waals surface area contributed by atoms with Crippen molar-refractivity contribution < 1.29 is 29.7 Å². The van der Waals surface area contributed by atoms with E-state index in [0.29, 0.717) is 46.1 Å². The summed E-state index contributed by atoms with van der Waals surface area (Å²) >= 11 is 0. The first-order valence-electron chi connectivity index (χ1n) is 10.4. The van der Waals surface area contributed by atoms with Crippen LogP contribution in [0.25, 0.3) is 0 Å². The zero-order valence-corrected chi connectivity index (χ0v) is 18.3. The van der Waals surface area contributed by atoms with Gasteiger partial charge in [0.05, 0.1) is 0 Å². The lowest BCUT2D eigenvalue weighted by Crippen LogP contribution is -2.38. The van der Waals surface area contributed by atoms with Crippen LogP contribution in [-0.2, 0) is 4.79 Å². The number of carbonyl (C=O) groups excluding carboxylic acids is 3. The second-order valence-electron chi connectivity index (χ2n) is 7.92. The molecule has 0 radical (unpaired) electrons. The van der Waals surface area contributed by atoms with Gasteiger partial charge in [0.1, 0.15) is 30.7 Å². The van der Waals surface area contributed by atoms with Crippen molar-refractivity contribution in [3.63, 3.8) is 0 Å². The zero-order chi connectivity index (χ0) is 24.1. The molecule has 0 bridgehead atoms. The maximum atomic E-state index is 12.4. The van der Waals surface area contributed by atoms with Gasteiger partial charge in [0.25, 0.3) is 5.91 Å².